The van der Waals surface area contributed by atoms with Crippen molar-refractivity contribution in [3.8, 4) is 22.0 Å². The SMILES string of the molecule is Cl.O=C(Nc1ccccc1-c1nc2cccnc2s1)c1cc(CN2CCCC2)nc(-c2ccccc2)n1. The molecular weight excluding hydrogens is 504 g/mol. The molecule has 1 aliphatic heterocycles. The molecule has 4 heterocycles. The standard InChI is InChI=1S/C28H24N6OS.ClH/c35-26(32-22-12-5-4-11-21(22)27-33-23-13-8-14-29-28(23)36-27)24-17-20(18-34-15-6-7-16-34)30-25(31-24)19-9-2-1-3-10-19;/h1-5,8-14,17H,6-7,15-16,18H2,(H,32,35);1H. The number of nitrogens with zero attached hydrogens (tertiary/aromatic N) is 5. The number of hydrogen-bond acceptors (Lipinski definition) is 7. The third-order valence-corrected chi connectivity index (χ3v) is 7.21. The van der Waals surface area contributed by atoms with Gasteiger partial charge in [0.1, 0.15) is 21.0 Å². The third-order valence-electron chi connectivity index (χ3n) is 6.20. The second-order valence-corrected chi connectivity index (χ2v) is 9.74. The second-order valence-electron chi connectivity index (χ2n) is 8.76. The topological polar surface area (TPSA) is 83.9 Å². The van der Waals surface area contributed by atoms with Crippen LogP contribution in [0.25, 0.3) is 32.3 Å². The Labute approximate surface area is 225 Å². The third kappa shape index (κ3) is 5.51. The molecule has 0 bridgehead atoms. The Hall–Kier alpha value is -3.72. The highest BCUT2D eigenvalue weighted by Gasteiger charge is 2.19. The van der Waals surface area contributed by atoms with Gasteiger partial charge in [0.15, 0.2) is 5.82 Å². The number of pyridine rings is 1. The van der Waals surface area contributed by atoms with Crippen LogP contribution in [0.2, 0.25) is 0 Å². The Morgan fingerprint density at radius 1 is 0.919 bits per heavy atom. The Balaban J connectivity index is 0.00000280. The van der Waals surface area contributed by atoms with Gasteiger partial charge in [-0.3, -0.25) is 9.69 Å². The number of likely N-dealkylation sites (tertiary alicyclic amines) is 1. The average molecular weight is 529 g/mol. The zero-order valence-electron chi connectivity index (χ0n) is 20.0. The summed E-state index contributed by atoms with van der Waals surface area (Å²) in [5.74, 6) is 0.284. The van der Waals surface area contributed by atoms with Crippen LogP contribution in [0.15, 0.2) is 79.0 Å². The number of halogens is 1. The zero-order chi connectivity index (χ0) is 24.3. The summed E-state index contributed by atoms with van der Waals surface area (Å²) in [6, 6.07) is 23.1. The van der Waals surface area contributed by atoms with Crippen molar-refractivity contribution in [2.24, 2.45) is 0 Å². The van der Waals surface area contributed by atoms with Gasteiger partial charge >= 0.3 is 0 Å². The number of hydrogen-bond donors (Lipinski definition) is 1. The molecule has 0 unspecified atom stereocenters. The summed E-state index contributed by atoms with van der Waals surface area (Å²) in [5, 5.41) is 3.88. The van der Waals surface area contributed by atoms with Crippen molar-refractivity contribution in [3.63, 3.8) is 0 Å². The fraction of sp³-hybridized carbons (Fsp3) is 0.179. The highest BCUT2D eigenvalue weighted by atomic mass is 35.5. The van der Waals surface area contributed by atoms with E-state index in [0.717, 1.165) is 45.3 Å². The molecule has 1 N–H and O–H groups in total. The van der Waals surface area contributed by atoms with Gasteiger partial charge in [0.2, 0.25) is 0 Å². The van der Waals surface area contributed by atoms with Crippen LogP contribution in [0.3, 0.4) is 0 Å². The summed E-state index contributed by atoms with van der Waals surface area (Å²) in [4.78, 5) is 35.3. The van der Waals surface area contributed by atoms with E-state index < -0.39 is 0 Å². The maximum atomic E-state index is 13.5. The van der Waals surface area contributed by atoms with Gasteiger partial charge in [0, 0.05) is 23.9 Å². The van der Waals surface area contributed by atoms with E-state index in [-0.39, 0.29) is 18.3 Å². The zero-order valence-corrected chi connectivity index (χ0v) is 21.6. The number of fused-ring (bicyclic) bond motifs is 1. The number of carbonyl (C=O) groups is 1. The van der Waals surface area contributed by atoms with E-state index in [4.69, 9.17) is 9.97 Å². The van der Waals surface area contributed by atoms with Crippen LogP contribution >= 0.6 is 23.7 Å². The molecular formula is C28H25ClN6OS. The Kier molecular flexibility index (Phi) is 7.50. The molecule has 37 heavy (non-hydrogen) atoms. The van der Waals surface area contributed by atoms with Crippen LogP contribution in [0.4, 0.5) is 5.69 Å². The largest absolute Gasteiger partial charge is 0.320 e. The number of benzene rings is 2. The summed E-state index contributed by atoms with van der Waals surface area (Å²) in [7, 11) is 0. The fourth-order valence-electron chi connectivity index (χ4n) is 4.43. The smallest absolute Gasteiger partial charge is 0.274 e. The lowest BCUT2D eigenvalue weighted by molar-refractivity contribution is 0.102. The lowest BCUT2D eigenvalue weighted by Gasteiger charge is -2.15. The first-order valence-electron chi connectivity index (χ1n) is 12.0. The Morgan fingerprint density at radius 3 is 2.51 bits per heavy atom. The summed E-state index contributed by atoms with van der Waals surface area (Å²) in [6.07, 6.45) is 4.15. The van der Waals surface area contributed by atoms with Gasteiger partial charge in [-0.15, -0.1) is 12.4 Å². The van der Waals surface area contributed by atoms with E-state index in [1.165, 1.54) is 24.2 Å². The van der Waals surface area contributed by atoms with Gasteiger partial charge in [-0.2, -0.15) is 0 Å². The predicted octanol–water partition coefficient (Wildman–Crippen LogP) is 6.09. The number of rotatable bonds is 6. The molecule has 186 valence electrons. The van der Waals surface area contributed by atoms with Gasteiger partial charge < -0.3 is 5.32 Å². The minimum absolute atomic E-state index is 0. The van der Waals surface area contributed by atoms with Crippen molar-refractivity contribution in [1.82, 2.24) is 24.8 Å². The molecule has 1 amide bonds. The highest BCUT2D eigenvalue weighted by molar-refractivity contribution is 7.21. The summed E-state index contributed by atoms with van der Waals surface area (Å²) >= 11 is 1.50. The molecule has 5 aromatic rings. The van der Waals surface area contributed by atoms with Gasteiger partial charge in [0.05, 0.1) is 11.4 Å². The van der Waals surface area contributed by atoms with E-state index in [2.05, 4.69) is 20.2 Å². The molecule has 7 nitrogen and oxygen atoms in total. The average Bonchev–Trinajstić information content (AvgIpc) is 3.59. The second kappa shape index (κ2) is 11.1. The van der Waals surface area contributed by atoms with E-state index in [1.54, 1.807) is 6.20 Å². The monoisotopic (exact) mass is 528 g/mol. The Morgan fingerprint density at radius 2 is 1.70 bits per heavy atom. The van der Waals surface area contributed by atoms with Gasteiger partial charge in [-0.1, -0.05) is 53.8 Å². The molecule has 0 spiro atoms. The molecule has 2 aromatic carbocycles. The molecule has 0 atom stereocenters. The van der Waals surface area contributed by atoms with Crippen LogP contribution in [0.1, 0.15) is 29.0 Å². The van der Waals surface area contributed by atoms with Crippen molar-refractivity contribution in [2.75, 3.05) is 18.4 Å². The number of para-hydroxylation sites is 1. The first-order chi connectivity index (χ1) is 17.7. The number of amides is 1. The normalized spacial score (nSPS) is 13.4. The van der Waals surface area contributed by atoms with Gasteiger partial charge in [0.25, 0.3) is 5.91 Å². The molecule has 0 aliphatic carbocycles. The maximum Gasteiger partial charge on any atom is 0.274 e. The molecule has 1 aliphatic rings. The summed E-state index contributed by atoms with van der Waals surface area (Å²) in [5.41, 5.74) is 4.46. The predicted molar refractivity (Wildman–Crippen MR) is 150 cm³/mol. The summed E-state index contributed by atoms with van der Waals surface area (Å²) < 4.78 is 0. The lowest BCUT2D eigenvalue weighted by Crippen LogP contribution is -2.21. The molecule has 9 heteroatoms. The molecule has 1 fully saturated rings. The minimum Gasteiger partial charge on any atom is -0.320 e. The van der Waals surface area contributed by atoms with Crippen LogP contribution < -0.4 is 5.32 Å². The first kappa shape index (κ1) is 25.0. The van der Waals surface area contributed by atoms with Crippen molar-refractivity contribution < 1.29 is 4.79 Å². The van der Waals surface area contributed by atoms with Crippen molar-refractivity contribution in [3.05, 3.63) is 90.4 Å². The van der Waals surface area contributed by atoms with E-state index in [9.17, 15) is 4.79 Å². The minimum atomic E-state index is -0.274. The number of carbonyl (C=O) groups excluding carboxylic acids is 1. The number of anilines is 1. The van der Waals surface area contributed by atoms with Crippen molar-refractivity contribution in [1.29, 1.82) is 0 Å². The van der Waals surface area contributed by atoms with Gasteiger partial charge in [-0.05, 0) is 56.3 Å². The maximum absolute atomic E-state index is 13.5. The van der Waals surface area contributed by atoms with Crippen LogP contribution in [0.5, 0.6) is 0 Å². The van der Waals surface area contributed by atoms with Crippen LogP contribution in [0, 0.1) is 0 Å². The number of thiazole rings is 1. The quantitative estimate of drug-likeness (QED) is 0.287. The molecule has 3 aromatic heterocycles. The number of nitrogens with one attached hydrogen (secondary N) is 1. The lowest BCUT2D eigenvalue weighted by atomic mass is 10.1. The Bertz CT molecular complexity index is 1500. The van der Waals surface area contributed by atoms with Crippen LogP contribution in [-0.4, -0.2) is 43.8 Å². The molecule has 0 saturated carbocycles. The number of aromatic nitrogens is 4. The fourth-order valence-corrected chi connectivity index (χ4v) is 5.38. The van der Waals surface area contributed by atoms with Crippen molar-refractivity contribution >= 4 is 45.7 Å². The van der Waals surface area contributed by atoms with E-state index >= 15 is 0 Å². The van der Waals surface area contributed by atoms with Crippen LogP contribution in [-0.2, 0) is 6.54 Å². The molecule has 1 saturated heterocycles. The highest BCUT2D eigenvalue weighted by Crippen LogP contribution is 2.33. The molecule has 0 radical (unpaired) electrons. The van der Waals surface area contributed by atoms with Crippen molar-refractivity contribution in [2.45, 2.75) is 19.4 Å². The molecule has 6 rings (SSSR count). The summed E-state index contributed by atoms with van der Waals surface area (Å²) in [6.45, 7) is 2.81. The van der Waals surface area contributed by atoms with E-state index in [1.807, 2.05) is 72.8 Å². The van der Waals surface area contributed by atoms with E-state index in [0.29, 0.717) is 23.8 Å². The van der Waals surface area contributed by atoms with Gasteiger partial charge in [-0.25, -0.2) is 19.9 Å². The first-order valence-corrected chi connectivity index (χ1v) is 12.8.